The van der Waals surface area contributed by atoms with Gasteiger partial charge in [-0.25, -0.2) is 9.78 Å². The third-order valence-corrected chi connectivity index (χ3v) is 11.8. The number of nitrogens with zero attached hydrogens (tertiary/aromatic N) is 9. The third-order valence-electron chi connectivity index (χ3n) is 11.8. The fourth-order valence-electron chi connectivity index (χ4n) is 9.24. The molecule has 6 fully saturated rings. The Morgan fingerprint density at radius 3 is 1.54 bits per heavy atom. The van der Waals surface area contributed by atoms with Crippen molar-refractivity contribution >= 4 is 46.7 Å². The summed E-state index contributed by atoms with van der Waals surface area (Å²) >= 11 is 0. The lowest BCUT2D eigenvalue weighted by Crippen LogP contribution is -2.58. The fourth-order valence-corrected chi connectivity index (χ4v) is 9.24. The first-order chi connectivity index (χ1) is 25.3. The molecule has 2 aromatic rings. The second kappa shape index (κ2) is 14.4. The molecule has 5 amide bonds. The summed E-state index contributed by atoms with van der Waals surface area (Å²) in [6.45, 7) is 2.90. The average Bonchev–Trinajstić information content (AvgIpc) is 4.03. The van der Waals surface area contributed by atoms with E-state index in [4.69, 9.17) is 4.84 Å². The van der Waals surface area contributed by atoms with Gasteiger partial charge in [-0.05, 0) is 106 Å². The zero-order valence-electron chi connectivity index (χ0n) is 29.3. The summed E-state index contributed by atoms with van der Waals surface area (Å²) in [5.74, 6) is -1.68. The molecule has 0 spiro atoms. The summed E-state index contributed by atoms with van der Waals surface area (Å²) < 4.78 is 0. The van der Waals surface area contributed by atoms with E-state index in [0.29, 0.717) is 96.0 Å². The van der Waals surface area contributed by atoms with Crippen LogP contribution in [0.2, 0.25) is 0 Å². The third kappa shape index (κ3) is 6.15. The van der Waals surface area contributed by atoms with Crippen molar-refractivity contribution < 1.29 is 33.6 Å². The predicted molar refractivity (Wildman–Crippen MR) is 182 cm³/mol. The van der Waals surface area contributed by atoms with Crippen LogP contribution >= 0.6 is 0 Å². The minimum Gasteiger partial charge on any atom is -0.329 e. The molecule has 8 rings (SSSR count). The van der Waals surface area contributed by atoms with E-state index in [-0.39, 0.29) is 41.2 Å². The number of nitrogens with one attached hydrogen (secondary N) is 1. The van der Waals surface area contributed by atoms with Gasteiger partial charge in [-0.1, -0.05) is 0 Å². The molecule has 0 aromatic carbocycles. The van der Waals surface area contributed by atoms with E-state index in [1.807, 2.05) is 0 Å². The Morgan fingerprint density at radius 2 is 1.06 bits per heavy atom. The molecule has 0 unspecified atom stereocenters. The number of fused-ring (bicyclic) bond motifs is 1. The average molecular weight is 719 g/mol. The van der Waals surface area contributed by atoms with Crippen LogP contribution < -0.4 is 10.2 Å². The summed E-state index contributed by atoms with van der Waals surface area (Å²) in [5.41, 5.74) is 0.748. The van der Waals surface area contributed by atoms with Gasteiger partial charge in [0.1, 0.15) is 35.7 Å². The summed E-state index contributed by atoms with van der Waals surface area (Å²) in [6.07, 6.45) is 8.95. The van der Waals surface area contributed by atoms with Gasteiger partial charge in [-0.2, -0.15) is 0 Å². The molecule has 2 aromatic heterocycles. The Labute approximate surface area is 300 Å². The molecular formula is C35H46N10O7. The van der Waals surface area contributed by atoms with Crippen LogP contribution in [0.5, 0.6) is 0 Å². The Bertz CT molecular complexity index is 1740. The van der Waals surface area contributed by atoms with Gasteiger partial charge < -0.3 is 34.7 Å². The van der Waals surface area contributed by atoms with Gasteiger partial charge in [0.15, 0.2) is 0 Å². The second-order valence-corrected chi connectivity index (χ2v) is 14.8. The number of hydrogen-bond donors (Lipinski definition) is 1. The summed E-state index contributed by atoms with van der Waals surface area (Å²) in [4.78, 5) is 102. The molecular weight excluding hydrogens is 672 g/mol. The smallest absolute Gasteiger partial charge is 0.329 e. The van der Waals surface area contributed by atoms with Gasteiger partial charge in [0, 0.05) is 38.9 Å². The molecule has 0 aliphatic carbocycles. The topological polar surface area (TPSA) is 183 Å². The van der Waals surface area contributed by atoms with Crippen LogP contribution in [0.25, 0.3) is 11.2 Å². The first-order valence-corrected chi connectivity index (χ1v) is 19.0. The Morgan fingerprint density at radius 1 is 0.596 bits per heavy atom. The van der Waals surface area contributed by atoms with Gasteiger partial charge in [0.25, 0.3) is 0 Å². The summed E-state index contributed by atoms with van der Waals surface area (Å²) in [7, 11) is 0. The molecule has 17 nitrogen and oxygen atoms in total. The lowest BCUT2D eigenvalue weighted by molar-refractivity contribution is -0.158. The monoisotopic (exact) mass is 718 g/mol. The van der Waals surface area contributed by atoms with Crippen LogP contribution in [0.15, 0.2) is 18.3 Å². The lowest BCUT2D eigenvalue weighted by Gasteiger charge is -2.36. The van der Waals surface area contributed by atoms with Crippen molar-refractivity contribution in [1.82, 2.24) is 50.0 Å². The van der Waals surface area contributed by atoms with Crippen molar-refractivity contribution in [3.05, 3.63) is 18.3 Å². The van der Waals surface area contributed by atoms with Crippen molar-refractivity contribution in [2.45, 2.75) is 113 Å². The lowest BCUT2D eigenvalue weighted by atomic mass is 10.1. The number of amides is 5. The van der Waals surface area contributed by atoms with Crippen LogP contribution in [-0.4, -0.2) is 156 Å². The number of likely N-dealkylation sites (tertiary alicyclic amines) is 5. The molecule has 0 radical (unpaired) electrons. The van der Waals surface area contributed by atoms with Crippen molar-refractivity contribution in [1.29, 1.82) is 0 Å². The first kappa shape index (κ1) is 34.4. The number of aromatic nitrogens is 4. The fraction of sp³-hybridized carbons (Fsp3) is 0.686. The van der Waals surface area contributed by atoms with E-state index in [1.165, 1.54) is 11.1 Å². The maximum absolute atomic E-state index is 14.2. The number of carbonyl (C=O) groups excluding carboxylic acids is 6. The van der Waals surface area contributed by atoms with Gasteiger partial charge in [0.2, 0.25) is 35.2 Å². The minimum absolute atomic E-state index is 0.0337. The Balaban J connectivity index is 0.924. The molecule has 52 heavy (non-hydrogen) atoms. The molecule has 1 N–H and O–H groups in total. The number of hydrogen-bond acceptors (Lipinski definition) is 11. The van der Waals surface area contributed by atoms with Crippen LogP contribution in [0.3, 0.4) is 0 Å². The van der Waals surface area contributed by atoms with Crippen molar-refractivity contribution in [3.8, 4) is 0 Å². The summed E-state index contributed by atoms with van der Waals surface area (Å²) in [6, 6.07) is -0.455. The van der Waals surface area contributed by atoms with Crippen LogP contribution in [0, 0.1) is 0 Å². The first-order valence-electron chi connectivity index (χ1n) is 19.0. The predicted octanol–water partition coefficient (Wildman–Crippen LogP) is -0.511. The highest BCUT2D eigenvalue weighted by molar-refractivity contribution is 5.97. The highest BCUT2D eigenvalue weighted by Crippen LogP contribution is 2.32. The molecule has 6 aliphatic heterocycles. The molecule has 0 saturated carbocycles. The highest BCUT2D eigenvalue weighted by atomic mass is 16.7. The highest BCUT2D eigenvalue weighted by Gasteiger charge is 2.49. The van der Waals surface area contributed by atoms with Gasteiger partial charge in [-0.15, -0.1) is 5.10 Å². The molecule has 6 saturated heterocycles. The molecule has 0 bridgehead atoms. The van der Waals surface area contributed by atoms with Crippen LogP contribution in [0.4, 0.5) is 0 Å². The van der Waals surface area contributed by atoms with Crippen LogP contribution in [0.1, 0.15) is 77.0 Å². The number of pyridine rings is 1. The maximum atomic E-state index is 14.2. The molecule has 278 valence electrons. The summed E-state index contributed by atoms with van der Waals surface area (Å²) in [5, 5.41) is 11.1. The molecule has 6 atom stereocenters. The van der Waals surface area contributed by atoms with Gasteiger partial charge >= 0.3 is 5.97 Å². The number of carbonyl (C=O) groups is 6. The maximum Gasteiger partial charge on any atom is 0.357 e. The van der Waals surface area contributed by atoms with Crippen molar-refractivity contribution in [2.75, 3.05) is 39.3 Å². The van der Waals surface area contributed by atoms with E-state index in [0.717, 1.165) is 30.7 Å². The SMILES string of the molecule is O=C(On1nnc2cccnc21)[C@@H]1CCCN1C(=O)[C@@H]1CCCN1C(=O)[C@@H]1CCCN1C(=O)[C@@H]1CCCN1C(=O)[C@@H]1CCCN1C(=O)[C@@H]1CCCN1. The molecule has 8 heterocycles. The Kier molecular flexibility index (Phi) is 9.53. The van der Waals surface area contributed by atoms with Gasteiger partial charge in [-0.3, -0.25) is 24.0 Å². The molecule has 17 heteroatoms. The van der Waals surface area contributed by atoms with Crippen LogP contribution in [-0.2, 0) is 28.8 Å². The van der Waals surface area contributed by atoms with Crippen molar-refractivity contribution in [2.24, 2.45) is 0 Å². The second-order valence-electron chi connectivity index (χ2n) is 14.8. The van der Waals surface area contributed by atoms with E-state index in [9.17, 15) is 28.8 Å². The van der Waals surface area contributed by atoms with E-state index in [1.54, 1.807) is 31.7 Å². The standard InChI is InChI=1S/C35H46N10O7/c46-30(23-9-2-15-36-23)40-17-3-10-24(40)31(47)41-18-4-11-25(41)32(48)42-19-5-12-26(42)33(49)43-20-6-13-27(43)34(50)44-21-7-14-28(44)35(51)52-45-29-22(38-39-45)8-1-16-37-29/h1,8,16,23-28,36H,2-7,9-15,17-21H2/t23-,24-,25-,26-,27-,28-/m0/s1. The normalized spacial score (nSPS) is 29.1. The van der Waals surface area contributed by atoms with Gasteiger partial charge in [0.05, 0.1) is 6.04 Å². The molecule has 6 aliphatic rings. The van der Waals surface area contributed by atoms with E-state index < -0.39 is 36.2 Å². The largest absolute Gasteiger partial charge is 0.357 e. The van der Waals surface area contributed by atoms with E-state index in [2.05, 4.69) is 20.6 Å². The number of rotatable bonds is 7. The minimum atomic E-state index is -0.844. The zero-order valence-corrected chi connectivity index (χ0v) is 29.3. The quantitative estimate of drug-likeness (QED) is 0.364. The van der Waals surface area contributed by atoms with Crippen molar-refractivity contribution in [3.63, 3.8) is 0 Å². The van der Waals surface area contributed by atoms with E-state index >= 15 is 0 Å². The zero-order chi connectivity index (χ0) is 35.9. The Hall–Kier alpha value is -4.67.